The van der Waals surface area contributed by atoms with E-state index in [0.717, 1.165) is 0 Å². The number of ether oxygens (including phenoxy) is 1. The summed E-state index contributed by atoms with van der Waals surface area (Å²) < 4.78 is 5.33. The van der Waals surface area contributed by atoms with Gasteiger partial charge in [-0.25, -0.2) is 0 Å². The van der Waals surface area contributed by atoms with Gasteiger partial charge in [0, 0.05) is 25.4 Å². The highest BCUT2D eigenvalue weighted by Crippen LogP contribution is 2.07. The van der Waals surface area contributed by atoms with E-state index in [1.807, 2.05) is 27.7 Å². The summed E-state index contributed by atoms with van der Waals surface area (Å²) in [5.74, 6) is -0.220. The molecule has 0 unspecified atom stereocenters. The van der Waals surface area contributed by atoms with Crippen LogP contribution in [0.5, 0.6) is 0 Å². The van der Waals surface area contributed by atoms with Crippen LogP contribution in [0.3, 0.4) is 0 Å². The number of amides is 2. The van der Waals surface area contributed by atoms with E-state index in [2.05, 4.69) is 5.32 Å². The Morgan fingerprint density at radius 1 is 1.00 bits per heavy atom. The molecule has 0 aromatic rings. The van der Waals surface area contributed by atoms with Crippen LogP contribution in [0.25, 0.3) is 0 Å². The van der Waals surface area contributed by atoms with Crippen molar-refractivity contribution in [3.8, 4) is 0 Å². The first-order valence-electron chi connectivity index (χ1n) is 7.83. The van der Waals surface area contributed by atoms with Gasteiger partial charge in [-0.15, -0.1) is 0 Å². The van der Waals surface area contributed by atoms with Crippen molar-refractivity contribution in [2.75, 3.05) is 26.8 Å². The average Bonchev–Trinajstić information content (AvgIpc) is 2.47. The topological polar surface area (TPSA) is 75.7 Å². The van der Waals surface area contributed by atoms with Gasteiger partial charge >= 0.3 is 0 Å². The van der Waals surface area contributed by atoms with Gasteiger partial charge in [0.15, 0.2) is 5.78 Å². The molecule has 0 aliphatic carbocycles. The number of likely N-dealkylation sites (N-methyl/N-ethyl adjacent to an activating group) is 1. The summed E-state index contributed by atoms with van der Waals surface area (Å²) in [6, 6.07) is -0.419. The molecule has 0 spiro atoms. The zero-order chi connectivity index (χ0) is 17.3. The maximum Gasteiger partial charge on any atom is 0.225 e. The fraction of sp³-hybridized carbons (Fsp3) is 0.812. The smallest absolute Gasteiger partial charge is 0.225 e. The molecule has 0 heterocycles. The van der Waals surface area contributed by atoms with Gasteiger partial charge < -0.3 is 15.0 Å². The lowest BCUT2D eigenvalue weighted by molar-refractivity contribution is -0.139. The second-order valence-electron chi connectivity index (χ2n) is 6.05. The highest BCUT2D eigenvalue weighted by Gasteiger charge is 2.23. The molecule has 0 rings (SSSR count). The standard InChI is InChI=1S/C16H30N2O4/c1-11(2)15(20)13(5)18(6)14(19)7-9-22-10-8-17-16(21)12(3)4/h11-13H,7-10H2,1-6H3,(H,17,21)/t13-/m1/s1. The van der Waals surface area contributed by atoms with Gasteiger partial charge in [-0.3, -0.25) is 14.4 Å². The molecule has 0 fully saturated rings. The third kappa shape index (κ3) is 7.54. The maximum atomic E-state index is 12.0. The number of nitrogens with one attached hydrogen (secondary N) is 1. The molecule has 1 N–H and O–H groups in total. The molecule has 0 saturated carbocycles. The number of hydrogen-bond donors (Lipinski definition) is 1. The lowest BCUT2D eigenvalue weighted by Gasteiger charge is -2.25. The van der Waals surface area contributed by atoms with Crippen LogP contribution in [0.2, 0.25) is 0 Å². The minimum Gasteiger partial charge on any atom is -0.379 e. The van der Waals surface area contributed by atoms with E-state index >= 15 is 0 Å². The van der Waals surface area contributed by atoms with Crippen LogP contribution in [0.15, 0.2) is 0 Å². The molecule has 0 saturated heterocycles. The Labute approximate surface area is 133 Å². The highest BCUT2D eigenvalue weighted by molar-refractivity contribution is 5.89. The largest absolute Gasteiger partial charge is 0.379 e. The fourth-order valence-corrected chi connectivity index (χ4v) is 1.78. The SMILES string of the molecule is CC(C)C(=O)NCCOCCC(=O)N(C)[C@H](C)C(=O)C(C)C. The van der Waals surface area contributed by atoms with Crippen LogP contribution < -0.4 is 5.32 Å². The first-order valence-corrected chi connectivity index (χ1v) is 7.83. The molecule has 128 valence electrons. The molecule has 0 bridgehead atoms. The molecule has 0 radical (unpaired) electrons. The number of carbonyl (C=O) groups is 3. The minimum atomic E-state index is -0.419. The summed E-state index contributed by atoms with van der Waals surface area (Å²) in [5, 5.41) is 2.73. The van der Waals surface area contributed by atoms with Crippen LogP contribution in [-0.4, -0.2) is 55.3 Å². The Kier molecular flexibility index (Phi) is 9.65. The summed E-state index contributed by atoms with van der Waals surface area (Å²) in [7, 11) is 1.64. The van der Waals surface area contributed by atoms with Gasteiger partial charge in [0.1, 0.15) is 0 Å². The summed E-state index contributed by atoms with van der Waals surface area (Å²) >= 11 is 0. The van der Waals surface area contributed by atoms with Crippen molar-refractivity contribution in [2.45, 2.75) is 47.1 Å². The van der Waals surface area contributed by atoms with Crippen molar-refractivity contribution in [2.24, 2.45) is 11.8 Å². The number of ketones is 1. The van der Waals surface area contributed by atoms with Crippen molar-refractivity contribution < 1.29 is 19.1 Å². The third-order valence-corrected chi connectivity index (χ3v) is 3.49. The first kappa shape index (κ1) is 20.6. The lowest BCUT2D eigenvalue weighted by atomic mass is 10.0. The van der Waals surface area contributed by atoms with Crippen LogP contribution in [0, 0.1) is 11.8 Å². The van der Waals surface area contributed by atoms with Crippen molar-refractivity contribution in [1.82, 2.24) is 10.2 Å². The molecule has 2 amide bonds. The number of Topliss-reactive ketones (excluding diaryl/α,β-unsaturated/α-hetero) is 1. The third-order valence-electron chi connectivity index (χ3n) is 3.49. The maximum absolute atomic E-state index is 12.0. The predicted molar refractivity (Wildman–Crippen MR) is 85.4 cm³/mol. The Morgan fingerprint density at radius 2 is 1.59 bits per heavy atom. The van der Waals surface area contributed by atoms with Crippen LogP contribution >= 0.6 is 0 Å². The number of carbonyl (C=O) groups excluding carboxylic acids is 3. The lowest BCUT2D eigenvalue weighted by Crippen LogP contribution is -2.42. The van der Waals surface area contributed by atoms with Gasteiger partial charge in [0.05, 0.1) is 25.7 Å². The summed E-state index contributed by atoms with van der Waals surface area (Å²) in [5.41, 5.74) is 0. The second-order valence-corrected chi connectivity index (χ2v) is 6.05. The Balaban J connectivity index is 3.90. The average molecular weight is 314 g/mol. The van der Waals surface area contributed by atoms with E-state index in [-0.39, 0.29) is 42.5 Å². The zero-order valence-corrected chi connectivity index (χ0v) is 14.6. The Morgan fingerprint density at radius 3 is 2.09 bits per heavy atom. The first-order chi connectivity index (χ1) is 10.2. The van der Waals surface area contributed by atoms with E-state index in [4.69, 9.17) is 4.74 Å². The molecule has 22 heavy (non-hydrogen) atoms. The minimum absolute atomic E-state index is 0.0135. The number of nitrogens with zero attached hydrogens (tertiary/aromatic N) is 1. The summed E-state index contributed by atoms with van der Waals surface area (Å²) in [4.78, 5) is 36.6. The van der Waals surface area contributed by atoms with Crippen LogP contribution in [0.1, 0.15) is 41.0 Å². The molecule has 1 atom stereocenters. The summed E-state index contributed by atoms with van der Waals surface area (Å²) in [6.07, 6.45) is 0.227. The molecule has 6 heteroatoms. The summed E-state index contributed by atoms with van der Waals surface area (Å²) in [6.45, 7) is 10.1. The van der Waals surface area contributed by atoms with E-state index in [1.165, 1.54) is 4.90 Å². The van der Waals surface area contributed by atoms with Gasteiger partial charge in [-0.1, -0.05) is 27.7 Å². The molecule has 0 aromatic carbocycles. The molecular formula is C16H30N2O4. The van der Waals surface area contributed by atoms with Crippen LogP contribution in [0.4, 0.5) is 0 Å². The second kappa shape index (κ2) is 10.3. The number of hydrogen-bond acceptors (Lipinski definition) is 4. The van der Waals surface area contributed by atoms with E-state index in [1.54, 1.807) is 14.0 Å². The highest BCUT2D eigenvalue weighted by atomic mass is 16.5. The number of rotatable bonds is 10. The van der Waals surface area contributed by atoms with Crippen molar-refractivity contribution >= 4 is 17.6 Å². The van der Waals surface area contributed by atoms with E-state index in [9.17, 15) is 14.4 Å². The predicted octanol–water partition coefficient (Wildman–Crippen LogP) is 1.24. The molecule has 0 aliphatic heterocycles. The Bertz CT molecular complexity index is 380. The monoisotopic (exact) mass is 314 g/mol. The molecule has 6 nitrogen and oxygen atoms in total. The van der Waals surface area contributed by atoms with Crippen molar-refractivity contribution in [3.05, 3.63) is 0 Å². The molecular weight excluding hydrogens is 284 g/mol. The fourth-order valence-electron chi connectivity index (χ4n) is 1.78. The van der Waals surface area contributed by atoms with Crippen molar-refractivity contribution in [1.29, 1.82) is 0 Å². The Hall–Kier alpha value is -1.43. The van der Waals surface area contributed by atoms with Gasteiger partial charge in [-0.05, 0) is 6.92 Å². The normalized spacial score (nSPS) is 12.4. The van der Waals surface area contributed by atoms with Gasteiger partial charge in [0.2, 0.25) is 11.8 Å². The van der Waals surface area contributed by atoms with E-state index in [0.29, 0.717) is 13.2 Å². The quantitative estimate of drug-likeness (QED) is 0.616. The van der Waals surface area contributed by atoms with Gasteiger partial charge in [-0.2, -0.15) is 0 Å². The van der Waals surface area contributed by atoms with Crippen LogP contribution in [-0.2, 0) is 19.1 Å². The molecule has 0 aliphatic rings. The van der Waals surface area contributed by atoms with Gasteiger partial charge in [0.25, 0.3) is 0 Å². The molecule has 0 aromatic heterocycles. The van der Waals surface area contributed by atoms with E-state index < -0.39 is 6.04 Å². The van der Waals surface area contributed by atoms with Crippen molar-refractivity contribution in [3.63, 3.8) is 0 Å². The zero-order valence-electron chi connectivity index (χ0n) is 14.6.